The van der Waals surface area contributed by atoms with Crippen molar-refractivity contribution in [3.05, 3.63) is 76.9 Å². The number of nitrogens with zero attached hydrogens (tertiary/aromatic N) is 1. The summed E-state index contributed by atoms with van der Waals surface area (Å²) in [5.41, 5.74) is 2.41. The average molecular weight is 522 g/mol. The molecule has 0 saturated heterocycles. The van der Waals surface area contributed by atoms with Gasteiger partial charge in [0, 0.05) is 34.9 Å². The molecule has 3 aromatic rings. The van der Waals surface area contributed by atoms with Gasteiger partial charge < -0.3 is 26.0 Å². The van der Waals surface area contributed by atoms with E-state index in [4.69, 9.17) is 0 Å². The predicted octanol–water partition coefficient (Wildman–Crippen LogP) is 2.19. The van der Waals surface area contributed by atoms with E-state index in [2.05, 4.69) is 20.9 Å². The van der Waals surface area contributed by atoms with Gasteiger partial charge in [-0.2, -0.15) is 0 Å². The third kappa shape index (κ3) is 8.24. The molecule has 9 nitrogen and oxygen atoms in total. The molecule has 0 unspecified atom stereocenters. The zero-order chi connectivity index (χ0) is 26.9. The number of thiophene rings is 1. The largest absolute Gasteiger partial charge is 0.475 e. The minimum Gasteiger partial charge on any atom is -0.426 e. The van der Waals surface area contributed by atoms with Gasteiger partial charge in [-0.05, 0) is 48.9 Å². The lowest BCUT2D eigenvalue weighted by atomic mass is 9.75. The zero-order valence-electron chi connectivity index (χ0n) is 21.0. The van der Waals surface area contributed by atoms with Gasteiger partial charge in [0.1, 0.15) is 6.04 Å². The summed E-state index contributed by atoms with van der Waals surface area (Å²) in [6.07, 6.45) is 3.35. The second-order valence-electron chi connectivity index (χ2n) is 9.20. The van der Waals surface area contributed by atoms with Crippen LogP contribution in [0.3, 0.4) is 0 Å². The molecule has 0 bridgehead atoms. The molecule has 2 aromatic heterocycles. The summed E-state index contributed by atoms with van der Waals surface area (Å²) in [6.45, 7) is 5.47. The minimum absolute atomic E-state index is 0.0763. The molecule has 11 heteroatoms. The van der Waals surface area contributed by atoms with Crippen molar-refractivity contribution >= 4 is 36.2 Å². The average Bonchev–Trinajstić information content (AvgIpc) is 3.41. The summed E-state index contributed by atoms with van der Waals surface area (Å²) in [7, 11) is -1.78. The first-order valence-corrected chi connectivity index (χ1v) is 12.8. The number of aryl methyl sites for hydroxylation is 1. The third-order valence-electron chi connectivity index (χ3n) is 5.62. The Morgan fingerprint density at radius 2 is 1.73 bits per heavy atom. The number of carbonyl (C=O) groups excluding carboxylic acids is 3. The SMILES string of the molecule is Cc1ccc(C(=O)NC[C@H](NC(=O)c2cncc(-c3cccs3)c2)C(=O)N[C@@H](CC(C)C)B(O)O)cc1. The molecular weight excluding hydrogens is 491 g/mol. The van der Waals surface area contributed by atoms with Gasteiger partial charge >= 0.3 is 7.12 Å². The van der Waals surface area contributed by atoms with Crippen LogP contribution in [0.5, 0.6) is 0 Å². The van der Waals surface area contributed by atoms with Crippen molar-refractivity contribution in [3.63, 3.8) is 0 Å². The number of amides is 3. The molecule has 5 N–H and O–H groups in total. The van der Waals surface area contributed by atoms with Crippen LogP contribution >= 0.6 is 11.3 Å². The van der Waals surface area contributed by atoms with E-state index in [1.807, 2.05) is 38.3 Å². The summed E-state index contributed by atoms with van der Waals surface area (Å²) >= 11 is 1.51. The smallest absolute Gasteiger partial charge is 0.426 e. The maximum absolute atomic E-state index is 13.1. The molecule has 0 aliphatic rings. The first-order valence-electron chi connectivity index (χ1n) is 11.9. The summed E-state index contributed by atoms with van der Waals surface area (Å²) in [6, 6.07) is 11.2. The number of nitrogens with one attached hydrogen (secondary N) is 3. The van der Waals surface area contributed by atoms with Gasteiger partial charge in [0.2, 0.25) is 5.91 Å². The fourth-order valence-electron chi connectivity index (χ4n) is 3.64. The van der Waals surface area contributed by atoms with Crippen LogP contribution in [0.4, 0.5) is 0 Å². The lowest BCUT2D eigenvalue weighted by Gasteiger charge is -2.24. The van der Waals surface area contributed by atoms with E-state index in [0.717, 1.165) is 16.0 Å². The van der Waals surface area contributed by atoms with E-state index in [9.17, 15) is 24.4 Å². The van der Waals surface area contributed by atoms with Crippen molar-refractivity contribution in [1.29, 1.82) is 0 Å². The summed E-state index contributed by atoms with van der Waals surface area (Å²) < 4.78 is 0. The van der Waals surface area contributed by atoms with Gasteiger partial charge in [-0.25, -0.2) is 0 Å². The molecule has 3 rings (SSSR count). The van der Waals surface area contributed by atoms with Crippen LogP contribution in [0.15, 0.2) is 60.2 Å². The number of pyridine rings is 1. The van der Waals surface area contributed by atoms with Crippen molar-refractivity contribution in [1.82, 2.24) is 20.9 Å². The number of aromatic nitrogens is 1. The van der Waals surface area contributed by atoms with Crippen LogP contribution in [0.25, 0.3) is 10.4 Å². The first kappa shape index (κ1) is 28.0. The fourth-order valence-corrected chi connectivity index (χ4v) is 4.35. The molecule has 37 heavy (non-hydrogen) atoms. The normalized spacial score (nSPS) is 12.5. The predicted molar refractivity (Wildman–Crippen MR) is 144 cm³/mol. The Kier molecular flexibility index (Phi) is 9.96. The summed E-state index contributed by atoms with van der Waals surface area (Å²) in [4.78, 5) is 44.0. The van der Waals surface area contributed by atoms with Crippen LogP contribution in [0.2, 0.25) is 0 Å². The highest BCUT2D eigenvalue weighted by Gasteiger charge is 2.30. The van der Waals surface area contributed by atoms with Crippen LogP contribution in [0.1, 0.15) is 46.5 Å². The molecule has 3 amide bonds. The Bertz CT molecular complexity index is 1200. The first-order chi connectivity index (χ1) is 17.6. The molecule has 2 atom stereocenters. The lowest BCUT2D eigenvalue weighted by molar-refractivity contribution is -0.123. The molecule has 2 heterocycles. The number of hydrogen-bond acceptors (Lipinski definition) is 7. The fraction of sp³-hybridized carbons (Fsp3) is 0.308. The number of hydrogen-bond donors (Lipinski definition) is 5. The molecule has 0 fully saturated rings. The summed E-state index contributed by atoms with van der Waals surface area (Å²) in [5.74, 6) is -2.48. The topological polar surface area (TPSA) is 141 Å². The highest BCUT2D eigenvalue weighted by Crippen LogP contribution is 2.24. The Hall–Kier alpha value is -3.54. The molecule has 194 valence electrons. The molecule has 0 aliphatic carbocycles. The second-order valence-corrected chi connectivity index (χ2v) is 10.1. The van der Waals surface area contributed by atoms with Gasteiger partial charge in [-0.1, -0.05) is 37.6 Å². The van der Waals surface area contributed by atoms with Crippen LogP contribution < -0.4 is 16.0 Å². The molecular formula is C26H31BN4O5S. The van der Waals surface area contributed by atoms with Crippen molar-refractivity contribution in [3.8, 4) is 10.4 Å². The molecule has 0 radical (unpaired) electrons. The quantitative estimate of drug-likeness (QED) is 0.245. The molecule has 0 aliphatic heterocycles. The Labute approximate surface area is 220 Å². The monoisotopic (exact) mass is 522 g/mol. The van der Waals surface area contributed by atoms with Gasteiger partial charge in [-0.3, -0.25) is 19.4 Å². The maximum atomic E-state index is 13.1. The van der Waals surface area contributed by atoms with E-state index in [1.165, 1.54) is 17.5 Å². The van der Waals surface area contributed by atoms with E-state index in [0.29, 0.717) is 12.0 Å². The van der Waals surface area contributed by atoms with Gasteiger partial charge in [-0.15, -0.1) is 11.3 Å². The maximum Gasteiger partial charge on any atom is 0.475 e. The zero-order valence-corrected chi connectivity index (χ0v) is 21.8. The minimum atomic E-state index is -1.78. The van der Waals surface area contributed by atoms with Crippen molar-refractivity contribution in [2.45, 2.75) is 39.2 Å². The lowest BCUT2D eigenvalue weighted by Crippen LogP contribution is -2.57. The van der Waals surface area contributed by atoms with Crippen LogP contribution in [0, 0.1) is 12.8 Å². The third-order valence-corrected chi connectivity index (χ3v) is 6.54. The Morgan fingerprint density at radius 3 is 2.35 bits per heavy atom. The molecule has 1 aromatic carbocycles. The summed E-state index contributed by atoms with van der Waals surface area (Å²) in [5, 5.41) is 29.3. The molecule has 0 spiro atoms. The van der Waals surface area contributed by atoms with E-state index < -0.39 is 36.8 Å². The second kappa shape index (κ2) is 13.1. The standard InChI is InChI=1S/C26H31BN4O5S/c1-16(2)11-23(27(35)36)31-26(34)21(15-29-24(32)18-8-6-17(3)7-9-18)30-25(33)20-12-19(13-28-14-20)22-5-4-10-37-22/h4-10,12-14,16,21,23,35-36H,11,15H2,1-3H3,(H,29,32)(H,30,33)(H,31,34)/t21-,23-/m0/s1. The molecule has 0 saturated carbocycles. The van der Waals surface area contributed by atoms with Crippen molar-refractivity contribution in [2.24, 2.45) is 5.92 Å². The van der Waals surface area contributed by atoms with Crippen molar-refractivity contribution < 1.29 is 24.4 Å². The van der Waals surface area contributed by atoms with Gasteiger partial charge in [0.15, 0.2) is 0 Å². The highest BCUT2D eigenvalue weighted by atomic mass is 32.1. The highest BCUT2D eigenvalue weighted by molar-refractivity contribution is 7.13. The van der Waals surface area contributed by atoms with Crippen molar-refractivity contribution in [2.75, 3.05) is 6.54 Å². The van der Waals surface area contributed by atoms with Gasteiger partial charge in [0.25, 0.3) is 11.8 Å². The van der Waals surface area contributed by atoms with Gasteiger partial charge in [0.05, 0.1) is 11.5 Å². The Balaban J connectivity index is 1.77. The van der Waals surface area contributed by atoms with E-state index >= 15 is 0 Å². The van der Waals surface area contributed by atoms with Crippen LogP contribution in [-0.2, 0) is 4.79 Å². The number of benzene rings is 1. The number of rotatable bonds is 11. The van der Waals surface area contributed by atoms with Crippen LogP contribution in [-0.4, -0.2) is 58.4 Å². The number of carbonyl (C=O) groups is 3. The Morgan fingerprint density at radius 1 is 1.00 bits per heavy atom. The van der Waals surface area contributed by atoms with E-state index in [-0.39, 0.29) is 18.0 Å². The van der Waals surface area contributed by atoms with E-state index in [1.54, 1.807) is 36.5 Å².